The van der Waals surface area contributed by atoms with Gasteiger partial charge in [0.15, 0.2) is 5.01 Å². The molecule has 0 aromatic carbocycles. The van der Waals surface area contributed by atoms with Crippen LogP contribution in [0.3, 0.4) is 0 Å². The fourth-order valence-corrected chi connectivity index (χ4v) is 3.55. The SMILES string of the molecule is CCC(CC)c1ncc(-c2nnc(NC)s2)s1. The van der Waals surface area contributed by atoms with Gasteiger partial charge in [-0.05, 0) is 12.8 Å². The van der Waals surface area contributed by atoms with Crippen LogP contribution in [-0.2, 0) is 0 Å². The van der Waals surface area contributed by atoms with E-state index in [1.165, 1.54) is 5.01 Å². The summed E-state index contributed by atoms with van der Waals surface area (Å²) in [5, 5.41) is 14.2. The molecule has 0 bridgehead atoms. The molecule has 1 N–H and O–H groups in total. The lowest BCUT2D eigenvalue weighted by molar-refractivity contribution is 0.637. The van der Waals surface area contributed by atoms with Crippen LogP contribution in [0.4, 0.5) is 5.13 Å². The van der Waals surface area contributed by atoms with Crippen LogP contribution in [0.25, 0.3) is 9.88 Å². The van der Waals surface area contributed by atoms with Crippen LogP contribution in [0.1, 0.15) is 37.6 Å². The predicted molar refractivity (Wildman–Crippen MR) is 73.9 cm³/mol. The van der Waals surface area contributed by atoms with Gasteiger partial charge in [0.1, 0.15) is 0 Å². The van der Waals surface area contributed by atoms with Crippen molar-refractivity contribution in [3.63, 3.8) is 0 Å². The Morgan fingerprint density at radius 2 is 2.00 bits per heavy atom. The van der Waals surface area contributed by atoms with Crippen molar-refractivity contribution in [1.82, 2.24) is 15.2 Å². The van der Waals surface area contributed by atoms with E-state index in [1.807, 2.05) is 13.2 Å². The summed E-state index contributed by atoms with van der Waals surface area (Å²) < 4.78 is 0. The number of hydrogen-bond acceptors (Lipinski definition) is 6. The molecule has 0 fully saturated rings. The van der Waals surface area contributed by atoms with E-state index in [-0.39, 0.29) is 0 Å². The van der Waals surface area contributed by atoms with E-state index >= 15 is 0 Å². The quantitative estimate of drug-likeness (QED) is 0.900. The van der Waals surface area contributed by atoms with Crippen LogP contribution in [0, 0.1) is 0 Å². The van der Waals surface area contributed by atoms with Crippen LogP contribution in [0.15, 0.2) is 6.20 Å². The standard InChI is InChI=1S/C11H16N4S2/c1-4-7(5-2)9-13-6-8(16-9)10-14-15-11(12-3)17-10/h6-7H,4-5H2,1-3H3,(H,12,15). The minimum Gasteiger partial charge on any atom is -0.363 e. The first-order valence-corrected chi connectivity index (χ1v) is 7.39. The Balaban J connectivity index is 2.22. The molecule has 17 heavy (non-hydrogen) atoms. The van der Waals surface area contributed by atoms with Crippen molar-refractivity contribution in [3.05, 3.63) is 11.2 Å². The third-order valence-corrected chi connectivity index (χ3v) is 4.98. The summed E-state index contributed by atoms with van der Waals surface area (Å²) in [6, 6.07) is 0. The van der Waals surface area contributed by atoms with Gasteiger partial charge in [0.25, 0.3) is 0 Å². The summed E-state index contributed by atoms with van der Waals surface area (Å²) in [5.41, 5.74) is 0. The highest BCUT2D eigenvalue weighted by Crippen LogP contribution is 2.34. The van der Waals surface area contributed by atoms with Crippen molar-refractivity contribution in [1.29, 1.82) is 0 Å². The van der Waals surface area contributed by atoms with Gasteiger partial charge in [0.2, 0.25) is 5.13 Å². The van der Waals surface area contributed by atoms with E-state index in [1.54, 1.807) is 22.7 Å². The van der Waals surface area contributed by atoms with E-state index in [0.29, 0.717) is 5.92 Å². The van der Waals surface area contributed by atoms with Gasteiger partial charge >= 0.3 is 0 Å². The summed E-state index contributed by atoms with van der Waals surface area (Å²) in [7, 11) is 1.85. The van der Waals surface area contributed by atoms with Crippen molar-refractivity contribution in [3.8, 4) is 9.88 Å². The summed E-state index contributed by atoms with van der Waals surface area (Å²) in [5.74, 6) is 0.574. The third kappa shape index (κ3) is 2.63. The summed E-state index contributed by atoms with van der Waals surface area (Å²) >= 11 is 3.30. The lowest BCUT2D eigenvalue weighted by Gasteiger charge is -2.06. The van der Waals surface area contributed by atoms with E-state index < -0.39 is 0 Å². The zero-order valence-electron chi connectivity index (χ0n) is 10.2. The molecule has 0 aliphatic heterocycles. The van der Waals surface area contributed by atoms with Crippen molar-refractivity contribution in [2.75, 3.05) is 12.4 Å². The second-order valence-electron chi connectivity index (χ2n) is 3.74. The van der Waals surface area contributed by atoms with E-state index in [2.05, 4.69) is 34.3 Å². The molecule has 2 heterocycles. The predicted octanol–water partition coefficient (Wildman–Crippen LogP) is 3.61. The summed E-state index contributed by atoms with van der Waals surface area (Å²) in [6.07, 6.45) is 4.20. The Labute approximate surface area is 109 Å². The van der Waals surface area contributed by atoms with Crippen LogP contribution >= 0.6 is 22.7 Å². The van der Waals surface area contributed by atoms with Crippen LogP contribution in [0.5, 0.6) is 0 Å². The molecule has 0 spiro atoms. The average molecular weight is 268 g/mol. The fraction of sp³-hybridized carbons (Fsp3) is 0.545. The maximum atomic E-state index is 4.51. The van der Waals surface area contributed by atoms with Gasteiger partial charge in [-0.2, -0.15) is 0 Å². The Morgan fingerprint density at radius 1 is 1.24 bits per heavy atom. The number of anilines is 1. The Bertz CT molecular complexity index is 473. The van der Waals surface area contributed by atoms with Crippen molar-refractivity contribution < 1.29 is 0 Å². The zero-order valence-corrected chi connectivity index (χ0v) is 11.9. The summed E-state index contributed by atoms with van der Waals surface area (Å²) in [4.78, 5) is 5.62. The van der Waals surface area contributed by atoms with Crippen LogP contribution < -0.4 is 5.32 Å². The average Bonchev–Trinajstić information content (AvgIpc) is 2.98. The zero-order chi connectivity index (χ0) is 12.3. The molecule has 6 heteroatoms. The van der Waals surface area contributed by atoms with Crippen molar-refractivity contribution in [2.24, 2.45) is 0 Å². The van der Waals surface area contributed by atoms with Gasteiger partial charge in [0, 0.05) is 19.2 Å². The molecule has 0 amide bonds. The molecule has 92 valence electrons. The molecular formula is C11H16N4S2. The van der Waals surface area contributed by atoms with Gasteiger partial charge in [-0.1, -0.05) is 25.2 Å². The molecule has 4 nitrogen and oxygen atoms in total. The monoisotopic (exact) mass is 268 g/mol. The van der Waals surface area contributed by atoms with Gasteiger partial charge in [-0.3, -0.25) is 0 Å². The molecule has 0 atom stereocenters. The van der Waals surface area contributed by atoms with E-state index in [0.717, 1.165) is 27.9 Å². The van der Waals surface area contributed by atoms with E-state index in [4.69, 9.17) is 0 Å². The van der Waals surface area contributed by atoms with Crippen molar-refractivity contribution in [2.45, 2.75) is 32.6 Å². The lowest BCUT2D eigenvalue weighted by Crippen LogP contribution is -1.92. The number of nitrogens with zero attached hydrogens (tertiary/aromatic N) is 3. The number of aromatic nitrogens is 3. The smallest absolute Gasteiger partial charge is 0.205 e. The highest BCUT2D eigenvalue weighted by atomic mass is 32.1. The van der Waals surface area contributed by atoms with Gasteiger partial charge in [-0.25, -0.2) is 4.98 Å². The molecule has 2 aromatic rings. The molecule has 0 saturated heterocycles. The molecule has 0 unspecified atom stereocenters. The highest BCUT2D eigenvalue weighted by Gasteiger charge is 2.14. The minimum atomic E-state index is 0.574. The lowest BCUT2D eigenvalue weighted by atomic mass is 10.1. The molecular weight excluding hydrogens is 252 g/mol. The van der Waals surface area contributed by atoms with Gasteiger partial charge < -0.3 is 5.32 Å². The maximum absolute atomic E-state index is 4.51. The molecule has 0 aliphatic carbocycles. The third-order valence-electron chi connectivity index (χ3n) is 2.71. The topological polar surface area (TPSA) is 50.7 Å². The second kappa shape index (κ2) is 5.55. The molecule has 0 radical (unpaired) electrons. The molecule has 0 aliphatic rings. The summed E-state index contributed by atoms with van der Waals surface area (Å²) in [6.45, 7) is 4.42. The van der Waals surface area contributed by atoms with Crippen LogP contribution in [0.2, 0.25) is 0 Å². The Hall–Kier alpha value is -1.01. The molecule has 2 rings (SSSR count). The largest absolute Gasteiger partial charge is 0.363 e. The number of nitrogens with one attached hydrogen (secondary N) is 1. The van der Waals surface area contributed by atoms with Gasteiger partial charge in [0.05, 0.1) is 9.88 Å². The first kappa shape index (κ1) is 12.4. The Kier molecular flexibility index (Phi) is 4.06. The normalized spacial score (nSPS) is 11.1. The van der Waals surface area contributed by atoms with Crippen LogP contribution in [-0.4, -0.2) is 22.2 Å². The number of rotatable bonds is 5. The first-order chi connectivity index (χ1) is 8.28. The number of hydrogen-bond donors (Lipinski definition) is 1. The first-order valence-electron chi connectivity index (χ1n) is 5.75. The highest BCUT2D eigenvalue weighted by molar-refractivity contribution is 7.23. The Morgan fingerprint density at radius 3 is 2.59 bits per heavy atom. The maximum Gasteiger partial charge on any atom is 0.205 e. The minimum absolute atomic E-state index is 0.574. The second-order valence-corrected chi connectivity index (χ2v) is 5.78. The molecule has 2 aromatic heterocycles. The van der Waals surface area contributed by atoms with E-state index in [9.17, 15) is 0 Å². The molecule has 0 saturated carbocycles. The van der Waals surface area contributed by atoms with Crippen molar-refractivity contribution >= 4 is 27.8 Å². The van der Waals surface area contributed by atoms with Gasteiger partial charge in [-0.15, -0.1) is 21.5 Å². The fourth-order valence-electron chi connectivity index (χ4n) is 1.64. The number of thiazole rings is 1.